The molecule has 0 aliphatic heterocycles. The van der Waals surface area contributed by atoms with Gasteiger partial charge in [0.25, 0.3) is 5.91 Å². The molecular formula is C22H17N5O. The van der Waals surface area contributed by atoms with Crippen LogP contribution < -0.4 is 5.43 Å². The molecule has 28 heavy (non-hydrogen) atoms. The van der Waals surface area contributed by atoms with E-state index in [1.165, 1.54) is 0 Å². The van der Waals surface area contributed by atoms with Crippen LogP contribution in [0.4, 0.5) is 0 Å². The van der Waals surface area contributed by atoms with Crippen LogP contribution in [-0.2, 0) is 0 Å². The summed E-state index contributed by atoms with van der Waals surface area (Å²) in [7, 11) is 0. The number of carbonyl (C=O) groups is 1. The lowest BCUT2D eigenvalue weighted by Crippen LogP contribution is -2.20. The van der Waals surface area contributed by atoms with Crippen molar-refractivity contribution < 1.29 is 4.79 Å². The lowest BCUT2D eigenvalue weighted by atomic mass is 10.0. The number of amides is 1. The van der Waals surface area contributed by atoms with Gasteiger partial charge in [-0.2, -0.15) is 5.10 Å². The van der Waals surface area contributed by atoms with Gasteiger partial charge in [-0.05, 0) is 43.3 Å². The van der Waals surface area contributed by atoms with Crippen molar-refractivity contribution in [3.05, 3.63) is 90.5 Å². The minimum absolute atomic E-state index is 0.294. The molecule has 1 amide bonds. The number of nitrogens with zero attached hydrogens (tertiary/aromatic N) is 4. The Morgan fingerprint density at radius 3 is 2.57 bits per heavy atom. The predicted octanol–water partition coefficient (Wildman–Crippen LogP) is 3.85. The molecule has 0 radical (unpaired) electrons. The molecule has 0 bridgehead atoms. The number of benzene rings is 1. The largest absolute Gasteiger partial charge is 0.272 e. The summed E-state index contributed by atoms with van der Waals surface area (Å²) in [6.07, 6.45) is 6.80. The van der Waals surface area contributed by atoms with E-state index in [1.54, 1.807) is 30.9 Å². The molecule has 0 aliphatic carbocycles. The second kappa shape index (κ2) is 7.75. The average molecular weight is 367 g/mol. The van der Waals surface area contributed by atoms with Gasteiger partial charge in [-0.15, -0.1) is 0 Å². The van der Waals surface area contributed by atoms with E-state index in [2.05, 4.69) is 25.5 Å². The van der Waals surface area contributed by atoms with Gasteiger partial charge >= 0.3 is 0 Å². The molecule has 3 aromatic heterocycles. The Hall–Kier alpha value is -3.93. The van der Waals surface area contributed by atoms with Crippen LogP contribution in [0.5, 0.6) is 0 Å². The number of para-hydroxylation sites is 1. The molecule has 0 saturated carbocycles. The van der Waals surface area contributed by atoms with Crippen LogP contribution in [0.2, 0.25) is 0 Å². The van der Waals surface area contributed by atoms with E-state index >= 15 is 0 Å². The van der Waals surface area contributed by atoms with Crippen molar-refractivity contribution in [2.24, 2.45) is 5.10 Å². The molecule has 136 valence electrons. The third kappa shape index (κ3) is 3.61. The molecule has 0 fully saturated rings. The molecule has 0 aliphatic rings. The van der Waals surface area contributed by atoms with Crippen LogP contribution in [0, 0.1) is 0 Å². The first-order chi connectivity index (χ1) is 13.7. The number of carbonyl (C=O) groups excluding carboxylic acids is 1. The highest BCUT2D eigenvalue weighted by Crippen LogP contribution is 2.24. The highest BCUT2D eigenvalue weighted by molar-refractivity contribution is 6.08. The SMILES string of the molecule is CC(=NNC(=O)c1cc(-c2cccnc2)nc2ccccc12)c1ccncc1. The van der Waals surface area contributed by atoms with E-state index in [1.807, 2.05) is 55.5 Å². The Kier molecular flexibility index (Phi) is 4.84. The van der Waals surface area contributed by atoms with Gasteiger partial charge < -0.3 is 0 Å². The number of nitrogens with one attached hydrogen (secondary N) is 1. The molecule has 6 heteroatoms. The Bertz CT molecular complexity index is 1160. The molecule has 0 spiro atoms. The number of fused-ring (bicyclic) bond motifs is 1. The van der Waals surface area contributed by atoms with Crippen LogP contribution >= 0.6 is 0 Å². The topological polar surface area (TPSA) is 80.1 Å². The second-order valence-corrected chi connectivity index (χ2v) is 6.19. The highest BCUT2D eigenvalue weighted by Gasteiger charge is 2.14. The van der Waals surface area contributed by atoms with Gasteiger partial charge in [-0.1, -0.05) is 18.2 Å². The Labute approximate surface area is 162 Å². The molecule has 3 heterocycles. The van der Waals surface area contributed by atoms with Crippen LogP contribution in [0.25, 0.3) is 22.2 Å². The number of aromatic nitrogens is 3. The summed E-state index contributed by atoms with van der Waals surface area (Å²) in [4.78, 5) is 25.7. The Morgan fingerprint density at radius 1 is 0.964 bits per heavy atom. The maximum absolute atomic E-state index is 12.9. The lowest BCUT2D eigenvalue weighted by Gasteiger charge is -2.09. The maximum Gasteiger partial charge on any atom is 0.272 e. The van der Waals surface area contributed by atoms with Crippen molar-refractivity contribution in [2.75, 3.05) is 0 Å². The molecular weight excluding hydrogens is 350 g/mol. The average Bonchev–Trinajstić information content (AvgIpc) is 2.77. The zero-order chi connectivity index (χ0) is 19.3. The van der Waals surface area contributed by atoms with Gasteiger partial charge in [0.2, 0.25) is 0 Å². The van der Waals surface area contributed by atoms with Crippen molar-refractivity contribution in [3.63, 3.8) is 0 Å². The molecule has 0 unspecified atom stereocenters. The van der Waals surface area contributed by atoms with E-state index in [4.69, 9.17) is 0 Å². The zero-order valence-corrected chi connectivity index (χ0v) is 15.2. The fraction of sp³-hybridized carbons (Fsp3) is 0.0455. The van der Waals surface area contributed by atoms with Crippen LogP contribution in [0.3, 0.4) is 0 Å². The van der Waals surface area contributed by atoms with Crippen molar-refractivity contribution in [1.82, 2.24) is 20.4 Å². The molecule has 0 atom stereocenters. The summed E-state index contributed by atoms with van der Waals surface area (Å²) < 4.78 is 0. The van der Waals surface area contributed by atoms with Crippen LogP contribution in [0.1, 0.15) is 22.8 Å². The van der Waals surface area contributed by atoms with Gasteiger partial charge in [0, 0.05) is 41.3 Å². The monoisotopic (exact) mass is 367 g/mol. The zero-order valence-electron chi connectivity index (χ0n) is 15.2. The van der Waals surface area contributed by atoms with Crippen LogP contribution in [0.15, 0.2) is 84.5 Å². The number of rotatable bonds is 4. The molecule has 1 N–H and O–H groups in total. The third-order valence-electron chi connectivity index (χ3n) is 4.34. The summed E-state index contributed by atoms with van der Waals surface area (Å²) in [5.41, 5.74) is 7.03. The van der Waals surface area contributed by atoms with Gasteiger partial charge in [-0.25, -0.2) is 10.4 Å². The Morgan fingerprint density at radius 2 is 1.79 bits per heavy atom. The first kappa shape index (κ1) is 17.5. The quantitative estimate of drug-likeness (QED) is 0.439. The van der Waals surface area contributed by atoms with Crippen LogP contribution in [-0.4, -0.2) is 26.6 Å². The van der Waals surface area contributed by atoms with E-state index < -0.39 is 0 Å². The lowest BCUT2D eigenvalue weighted by molar-refractivity contribution is 0.0956. The summed E-state index contributed by atoms with van der Waals surface area (Å²) in [6, 6.07) is 16.8. The third-order valence-corrected chi connectivity index (χ3v) is 4.34. The van der Waals surface area contributed by atoms with Crippen molar-refractivity contribution in [1.29, 1.82) is 0 Å². The fourth-order valence-corrected chi connectivity index (χ4v) is 2.88. The highest BCUT2D eigenvalue weighted by atomic mass is 16.2. The minimum atomic E-state index is -0.294. The van der Waals surface area contributed by atoms with E-state index in [9.17, 15) is 4.79 Å². The number of hydrogen-bond acceptors (Lipinski definition) is 5. The standard InChI is InChI=1S/C22H17N5O/c1-15(16-8-11-23-12-9-16)26-27-22(28)19-13-21(17-5-4-10-24-14-17)25-20-7-3-2-6-18(19)20/h2-14H,1H3,(H,27,28). The van der Waals surface area contributed by atoms with Crippen molar-refractivity contribution in [3.8, 4) is 11.3 Å². The normalized spacial score (nSPS) is 11.4. The summed E-state index contributed by atoms with van der Waals surface area (Å²) in [5.74, 6) is -0.294. The summed E-state index contributed by atoms with van der Waals surface area (Å²) >= 11 is 0. The maximum atomic E-state index is 12.9. The number of hydrogen-bond donors (Lipinski definition) is 1. The van der Waals surface area contributed by atoms with Crippen molar-refractivity contribution in [2.45, 2.75) is 6.92 Å². The first-order valence-electron chi connectivity index (χ1n) is 8.77. The minimum Gasteiger partial charge on any atom is -0.267 e. The summed E-state index contributed by atoms with van der Waals surface area (Å²) in [6.45, 7) is 1.83. The first-order valence-corrected chi connectivity index (χ1v) is 8.77. The van der Waals surface area contributed by atoms with Gasteiger partial charge in [-0.3, -0.25) is 14.8 Å². The van der Waals surface area contributed by atoms with Crippen molar-refractivity contribution >= 4 is 22.5 Å². The molecule has 4 aromatic rings. The Balaban J connectivity index is 1.72. The van der Waals surface area contributed by atoms with E-state index in [0.717, 1.165) is 22.0 Å². The molecule has 4 rings (SSSR count). The van der Waals surface area contributed by atoms with E-state index in [-0.39, 0.29) is 5.91 Å². The molecule has 1 aromatic carbocycles. The molecule has 0 saturated heterocycles. The van der Waals surface area contributed by atoms with Gasteiger partial charge in [0.15, 0.2) is 0 Å². The molecule has 6 nitrogen and oxygen atoms in total. The second-order valence-electron chi connectivity index (χ2n) is 6.19. The fourth-order valence-electron chi connectivity index (χ4n) is 2.88. The van der Waals surface area contributed by atoms with Gasteiger partial charge in [0.05, 0.1) is 22.5 Å². The number of hydrazone groups is 1. The predicted molar refractivity (Wildman–Crippen MR) is 109 cm³/mol. The summed E-state index contributed by atoms with van der Waals surface area (Å²) in [5, 5.41) is 5.00. The number of pyridine rings is 3. The van der Waals surface area contributed by atoms with Gasteiger partial charge in [0.1, 0.15) is 0 Å². The smallest absolute Gasteiger partial charge is 0.267 e. The van der Waals surface area contributed by atoms with E-state index in [0.29, 0.717) is 17.0 Å².